The Bertz CT molecular complexity index is 709. The lowest BCUT2D eigenvalue weighted by atomic mass is 9.85. The molecule has 0 spiro atoms. The first-order valence-corrected chi connectivity index (χ1v) is 9.22. The van der Waals surface area contributed by atoms with Gasteiger partial charge in [0.2, 0.25) is 0 Å². The smallest absolute Gasteiger partial charge is 0.0412 e. The van der Waals surface area contributed by atoms with E-state index in [1.54, 1.807) is 5.56 Å². The van der Waals surface area contributed by atoms with E-state index in [-0.39, 0.29) is 0 Å². The van der Waals surface area contributed by atoms with E-state index in [1.807, 2.05) is 12.1 Å². The first kappa shape index (κ1) is 15.2. The second-order valence-corrected chi connectivity index (χ2v) is 7.56. The lowest BCUT2D eigenvalue weighted by molar-refractivity contribution is 0.174. The highest BCUT2D eigenvalue weighted by atomic mass is 35.5. The summed E-state index contributed by atoms with van der Waals surface area (Å²) in [6.07, 6.45) is 6.47. The molecule has 4 rings (SSSR count). The van der Waals surface area contributed by atoms with Crippen molar-refractivity contribution in [1.29, 1.82) is 0 Å². The zero-order valence-corrected chi connectivity index (χ0v) is 14.5. The molecule has 1 nitrogen and oxygen atoms in total. The number of nitrogens with zero attached hydrogens (tertiary/aromatic N) is 1. The van der Waals surface area contributed by atoms with Gasteiger partial charge in [0.1, 0.15) is 0 Å². The third-order valence-electron chi connectivity index (χ3n) is 5.64. The van der Waals surface area contributed by atoms with Gasteiger partial charge in [-0.15, -0.1) is 0 Å². The van der Waals surface area contributed by atoms with Crippen molar-refractivity contribution in [3.63, 3.8) is 0 Å². The molecule has 0 N–H and O–H groups in total. The largest absolute Gasteiger partial charge is 0.297 e. The second kappa shape index (κ2) is 6.30. The number of halogens is 1. The van der Waals surface area contributed by atoms with Crippen LogP contribution in [-0.4, -0.2) is 23.5 Å². The summed E-state index contributed by atoms with van der Waals surface area (Å²) >= 11 is 6.14. The molecule has 2 heteroatoms. The SMILES string of the molecule is CC1CCCN1C1CCc2cc(-c3cccc(Cl)c3)ccc2C1. The van der Waals surface area contributed by atoms with E-state index in [1.165, 1.54) is 55.3 Å². The quantitative estimate of drug-likeness (QED) is 0.719. The lowest BCUT2D eigenvalue weighted by Gasteiger charge is -2.35. The Labute approximate surface area is 144 Å². The highest BCUT2D eigenvalue weighted by Gasteiger charge is 2.30. The van der Waals surface area contributed by atoms with Crippen LogP contribution in [0.25, 0.3) is 11.1 Å². The Morgan fingerprint density at radius 3 is 2.65 bits per heavy atom. The fourth-order valence-electron chi connectivity index (χ4n) is 4.36. The van der Waals surface area contributed by atoms with Crippen LogP contribution in [0.1, 0.15) is 37.3 Å². The summed E-state index contributed by atoms with van der Waals surface area (Å²) < 4.78 is 0. The van der Waals surface area contributed by atoms with E-state index in [0.29, 0.717) is 0 Å². The fourth-order valence-corrected chi connectivity index (χ4v) is 4.55. The maximum absolute atomic E-state index is 6.14. The average Bonchev–Trinajstić information content (AvgIpc) is 3.00. The zero-order chi connectivity index (χ0) is 15.8. The summed E-state index contributed by atoms with van der Waals surface area (Å²) in [5, 5.41) is 0.809. The van der Waals surface area contributed by atoms with Crippen LogP contribution < -0.4 is 0 Å². The second-order valence-electron chi connectivity index (χ2n) is 7.12. The van der Waals surface area contributed by atoms with Crippen molar-refractivity contribution in [2.75, 3.05) is 6.54 Å². The normalized spacial score (nSPS) is 24.6. The molecule has 2 atom stereocenters. The number of fused-ring (bicyclic) bond motifs is 1. The monoisotopic (exact) mass is 325 g/mol. The van der Waals surface area contributed by atoms with Crippen molar-refractivity contribution in [1.82, 2.24) is 4.90 Å². The van der Waals surface area contributed by atoms with E-state index in [4.69, 9.17) is 11.6 Å². The fraction of sp³-hybridized carbons (Fsp3) is 0.429. The van der Waals surface area contributed by atoms with Gasteiger partial charge in [-0.05, 0) is 80.0 Å². The number of aryl methyl sites for hydroxylation is 1. The standard InChI is InChI=1S/C21H24ClN/c1-15-4-3-11-23(15)21-10-9-18-12-17(7-8-19(18)14-21)16-5-2-6-20(22)13-16/h2,5-8,12-13,15,21H,3-4,9-11,14H2,1H3. The minimum Gasteiger partial charge on any atom is -0.297 e. The van der Waals surface area contributed by atoms with Gasteiger partial charge in [0.25, 0.3) is 0 Å². The van der Waals surface area contributed by atoms with Crippen molar-refractivity contribution in [3.05, 3.63) is 58.6 Å². The number of benzene rings is 2. The molecule has 1 aliphatic carbocycles. The Morgan fingerprint density at radius 2 is 1.87 bits per heavy atom. The van der Waals surface area contributed by atoms with E-state index in [9.17, 15) is 0 Å². The molecule has 2 aromatic rings. The van der Waals surface area contributed by atoms with E-state index in [0.717, 1.165) is 17.1 Å². The Hall–Kier alpha value is -1.31. The first-order chi connectivity index (χ1) is 11.2. The molecule has 0 radical (unpaired) electrons. The van der Waals surface area contributed by atoms with Crippen LogP contribution in [0.15, 0.2) is 42.5 Å². The minimum absolute atomic E-state index is 0.747. The maximum Gasteiger partial charge on any atom is 0.0412 e. The predicted octanol–water partition coefficient (Wildman–Crippen LogP) is 5.35. The molecule has 1 saturated heterocycles. The highest BCUT2D eigenvalue weighted by molar-refractivity contribution is 6.30. The first-order valence-electron chi connectivity index (χ1n) is 8.84. The van der Waals surface area contributed by atoms with Crippen molar-refractivity contribution in [2.24, 2.45) is 0 Å². The van der Waals surface area contributed by atoms with Crippen molar-refractivity contribution in [2.45, 2.75) is 51.1 Å². The van der Waals surface area contributed by atoms with E-state index in [2.05, 4.69) is 42.2 Å². The van der Waals surface area contributed by atoms with Crippen LogP contribution in [-0.2, 0) is 12.8 Å². The van der Waals surface area contributed by atoms with Gasteiger partial charge in [-0.2, -0.15) is 0 Å². The molecule has 0 amide bonds. The van der Waals surface area contributed by atoms with Gasteiger partial charge in [0.05, 0.1) is 0 Å². The van der Waals surface area contributed by atoms with Crippen LogP contribution in [0.5, 0.6) is 0 Å². The van der Waals surface area contributed by atoms with Gasteiger partial charge in [-0.25, -0.2) is 0 Å². The topological polar surface area (TPSA) is 3.24 Å². The van der Waals surface area contributed by atoms with Crippen molar-refractivity contribution >= 4 is 11.6 Å². The Balaban J connectivity index is 1.57. The molecule has 1 heterocycles. The van der Waals surface area contributed by atoms with Crippen LogP contribution in [0.4, 0.5) is 0 Å². The molecule has 0 bridgehead atoms. The number of hydrogen-bond donors (Lipinski definition) is 0. The summed E-state index contributed by atoms with van der Waals surface area (Å²) in [6, 6.07) is 16.7. The van der Waals surface area contributed by atoms with Crippen LogP contribution in [0, 0.1) is 0 Å². The highest BCUT2D eigenvalue weighted by Crippen LogP contribution is 2.32. The van der Waals surface area contributed by atoms with Crippen LogP contribution in [0.2, 0.25) is 5.02 Å². The summed E-state index contributed by atoms with van der Waals surface area (Å²) in [7, 11) is 0. The number of hydrogen-bond acceptors (Lipinski definition) is 1. The summed E-state index contributed by atoms with van der Waals surface area (Å²) in [5.41, 5.74) is 5.59. The van der Waals surface area contributed by atoms with Gasteiger partial charge >= 0.3 is 0 Å². The molecule has 2 unspecified atom stereocenters. The summed E-state index contributed by atoms with van der Waals surface area (Å²) in [5.74, 6) is 0. The maximum atomic E-state index is 6.14. The van der Waals surface area contributed by atoms with E-state index >= 15 is 0 Å². The molecule has 2 aliphatic rings. The average molecular weight is 326 g/mol. The number of likely N-dealkylation sites (tertiary alicyclic amines) is 1. The molecular formula is C21H24ClN. The minimum atomic E-state index is 0.747. The lowest BCUT2D eigenvalue weighted by Crippen LogP contribution is -2.41. The molecular weight excluding hydrogens is 302 g/mol. The molecule has 23 heavy (non-hydrogen) atoms. The van der Waals surface area contributed by atoms with Gasteiger partial charge < -0.3 is 0 Å². The summed E-state index contributed by atoms with van der Waals surface area (Å²) in [4.78, 5) is 2.74. The van der Waals surface area contributed by atoms with Crippen LogP contribution >= 0.6 is 11.6 Å². The molecule has 1 fully saturated rings. The third kappa shape index (κ3) is 3.05. The van der Waals surface area contributed by atoms with Crippen molar-refractivity contribution < 1.29 is 0 Å². The van der Waals surface area contributed by atoms with Gasteiger partial charge in [-0.3, -0.25) is 4.90 Å². The summed E-state index contributed by atoms with van der Waals surface area (Å²) in [6.45, 7) is 3.69. The Morgan fingerprint density at radius 1 is 1.00 bits per heavy atom. The zero-order valence-electron chi connectivity index (χ0n) is 13.8. The van der Waals surface area contributed by atoms with E-state index < -0.39 is 0 Å². The molecule has 0 saturated carbocycles. The molecule has 120 valence electrons. The molecule has 2 aromatic carbocycles. The predicted molar refractivity (Wildman–Crippen MR) is 98.1 cm³/mol. The van der Waals surface area contributed by atoms with Crippen molar-refractivity contribution in [3.8, 4) is 11.1 Å². The van der Waals surface area contributed by atoms with Gasteiger partial charge in [-0.1, -0.05) is 41.9 Å². The molecule has 0 aromatic heterocycles. The number of rotatable bonds is 2. The van der Waals surface area contributed by atoms with Gasteiger partial charge in [0, 0.05) is 17.1 Å². The van der Waals surface area contributed by atoms with Gasteiger partial charge in [0.15, 0.2) is 0 Å². The van der Waals surface area contributed by atoms with Crippen LogP contribution in [0.3, 0.4) is 0 Å². The third-order valence-corrected chi connectivity index (χ3v) is 5.88. The molecule has 1 aliphatic heterocycles. The Kier molecular flexibility index (Phi) is 4.17.